The van der Waals surface area contributed by atoms with Gasteiger partial charge in [-0.3, -0.25) is 4.79 Å². The summed E-state index contributed by atoms with van der Waals surface area (Å²) in [5, 5.41) is 10.3. The van der Waals surface area contributed by atoms with Gasteiger partial charge in [0.15, 0.2) is 5.75 Å². The highest BCUT2D eigenvalue weighted by molar-refractivity contribution is 6.36. The van der Waals surface area contributed by atoms with Crippen molar-refractivity contribution in [2.45, 2.75) is 6.42 Å². The highest BCUT2D eigenvalue weighted by Crippen LogP contribution is 2.39. The van der Waals surface area contributed by atoms with E-state index >= 15 is 0 Å². The van der Waals surface area contributed by atoms with E-state index in [0.29, 0.717) is 17.3 Å². The lowest BCUT2D eigenvalue weighted by Crippen LogP contribution is -2.24. The molecule has 1 saturated heterocycles. The molecule has 0 radical (unpaired) electrons. The van der Waals surface area contributed by atoms with Crippen LogP contribution in [0, 0.1) is 18.3 Å². The van der Waals surface area contributed by atoms with Gasteiger partial charge in [0.2, 0.25) is 5.91 Å². The second-order valence-corrected chi connectivity index (χ2v) is 4.67. The van der Waals surface area contributed by atoms with E-state index in [9.17, 15) is 9.90 Å². The topological polar surface area (TPSA) is 40.5 Å². The van der Waals surface area contributed by atoms with Gasteiger partial charge in [0.05, 0.1) is 10.7 Å². The van der Waals surface area contributed by atoms with E-state index in [1.54, 1.807) is 0 Å². The zero-order valence-corrected chi connectivity index (χ0v) is 10.3. The number of carbonyl (C=O) groups excluding carboxylic acids is 1. The maximum atomic E-state index is 11.8. The highest BCUT2D eigenvalue weighted by atomic mass is 35.5. The highest BCUT2D eigenvalue weighted by Gasteiger charge is 2.31. The van der Waals surface area contributed by atoms with Crippen molar-refractivity contribution < 1.29 is 9.90 Å². The van der Waals surface area contributed by atoms with Crippen LogP contribution in [0.2, 0.25) is 10.0 Å². The summed E-state index contributed by atoms with van der Waals surface area (Å²) in [5.74, 6) is 2.11. The summed E-state index contributed by atoms with van der Waals surface area (Å²) in [6.07, 6.45) is 5.57. The van der Waals surface area contributed by atoms with Crippen molar-refractivity contribution in [1.29, 1.82) is 0 Å². The van der Waals surface area contributed by atoms with Gasteiger partial charge in [-0.25, -0.2) is 0 Å². The van der Waals surface area contributed by atoms with Gasteiger partial charge in [-0.05, 0) is 12.1 Å². The van der Waals surface area contributed by atoms with Gasteiger partial charge < -0.3 is 10.0 Å². The number of carbonyl (C=O) groups is 1. The Balaban J connectivity index is 2.42. The number of phenols is 1. The number of aromatic hydroxyl groups is 1. The van der Waals surface area contributed by atoms with Gasteiger partial charge in [0.25, 0.3) is 0 Å². The Morgan fingerprint density at radius 3 is 2.76 bits per heavy atom. The number of halogens is 2. The number of nitrogens with zero attached hydrogens (tertiary/aromatic N) is 1. The predicted molar refractivity (Wildman–Crippen MR) is 67.4 cm³/mol. The monoisotopic (exact) mass is 269 g/mol. The predicted octanol–water partition coefficient (Wildman–Crippen LogP) is 2.69. The fourth-order valence-electron chi connectivity index (χ4n) is 1.81. The van der Waals surface area contributed by atoms with Crippen molar-refractivity contribution in [1.82, 2.24) is 0 Å². The number of rotatable bonds is 1. The summed E-state index contributed by atoms with van der Waals surface area (Å²) < 4.78 is 0. The van der Waals surface area contributed by atoms with Crippen molar-refractivity contribution in [2.75, 3.05) is 11.4 Å². The molecule has 1 unspecified atom stereocenters. The molecule has 1 N–H and O–H groups in total. The van der Waals surface area contributed by atoms with Gasteiger partial charge in [0.1, 0.15) is 0 Å². The fourth-order valence-corrected chi connectivity index (χ4v) is 2.29. The van der Waals surface area contributed by atoms with Crippen LogP contribution in [0.3, 0.4) is 0 Å². The third kappa shape index (κ3) is 2.19. The Hall–Kier alpha value is -1.37. The molecule has 1 heterocycles. The molecule has 0 aliphatic carbocycles. The van der Waals surface area contributed by atoms with Crippen molar-refractivity contribution >= 4 is 34.8 Å². The molecule has 1 aromatic carbocycles. The molecule has 1 aromatic rings. The molecule has 0 saturated carbocycles. The van der Waals surface area contributed by atoms with Crippen molar-refractivity contribution in [2.24, 2.45) is 5.92 Å². The van der Waals surface area contributed by atoms with Gasteiger partial charge in [0, 0.05) is 23.9 Å². The van der Waals surface area contributed by atoms with E-state index in [-0.39, 0.29) is 29.0 Å². The lowest BCUT2D eigenvalue weighted by Gasteiger charge is -2.18. The molecule has 88 valence electrons. The molecule has 1 fully saturated rings. The van der Waals surface area contributed by atoms with Crippen LogP contribution in [-0.4, -0.2) is 17.6 Å². The average molecular weight is 270 g/mol. The first kappa shape index (κ1) is 12.1. The lowest BCUT2D eigenvalue weighted by molar-refractivity contribution is -0.117. The van der Waals surface area contributed by atoms with Gasteiger partial charge in [-0.15, -0.1) is 12.3 Å². The molecule has 0 bridgehead atoms. The van der Waals surface area contributed by atoms with E-state index in [2.05, 4.69) is 5.92 Å². The number of hydrogen-bond acceptors (Lipinski definition) is 2. The maximum Gasteiger partial charge on any atom is 0.228 e. The third-order valence-electron chi connectivity index (χ3n) is 2.66. The van der Waals surface area contributed by atoms with Gasteiger partial charge >= 0.3 is 0 Å². The number of amides is 1. The van der Waals surface area contributed by atoms with Gasteiger partial charge in [-0.1, -0.05) is 23.2 Å². The maximum absolute atomic E-state index is 11.8. The zero-order chi connectivity index (χ0) is 12.6. The number of terminal acetylenes is 1. The minimum absolute atomic E-state index is 0.115. The summed E-state index contributed by atoms with van der Waals surface area (Å²) in [4.78, 5) is 13.2. The molecule has 1 amide bonds. The van der Waals surface area contributed by atoms with Crippen LogP contribution < -0.4 is 4.90 Å². The average Bonchev–Trinajstić information content (AvgIpc) is 2.65. The number of phenolic OH excluding ortho intramolecular Hbond substituents is 1. The van der Waals surface area contributed by atoms with E-state index in [1.807, 2.05) is 0 Å². The van der Waals surface area contributed by atoms with Gasteiger partial charge in [-0.2, -0.15) is 0 Å². The van der Waals surface area contributed by atoms with Crippen molar-refractivity contribution in [3.05, 3.63) is 22.2 Å². The first-order chi connectivity index (χ1) is 8.02. The van der Waals surface area contributed by atoms with Crippen molar-refractivity contribution in [3.63, 3.8) is 0 Å². The van der Waals surface area contributed by atoms with E-state index < -0.39 is 0 Å². The summed E-state index contributed by atoms with van der Waals surface area (Å²) in [7, 11) is 0. The summed E-state index contributed by atoms with van der Waals surface area (Å²) in [5.41, 5.74) is 0.310. The SMILES string of the molecule is C#CC1CC(=O)N(c2cc(Cl)cc(Cl)c2O)C1. The Labute approximate surface area is 109 Å². The first-order valence-corrected chi connectivity index (χ1v) is 5.73. The Morgan fingerprint density at radius 1 is 1.47 bits per heavy atom. The molecule has 17 heavy (non-hydrogen) atoms. The van der Waals surface area contributed by atoms with E-state index in [4.69, 9.17) is 29.6 Å². The Bertz CT molecular complexity index is 522. The minimum Gasteiger partial charge on any atom is -0.504 e. The Kier molecular flexibility index (Phi) is 3.19. The molecule has 0 spiro atoms. The summed E-state index contributed by atoms with van der Waals surface area (Å²) in [6, 6.07) is 2.92. The number of benzene rings is 1. The van der Waals surface area contributed by atoms with Crippen LogP contribution in [0.15, 0.2) is 12.1 Å². The molecule has 2 rings (SSSR count). The largest absolute Gasteiger partial charge is 0.504 e. The lowest BCUT2D eigenvalue weighted by atomic mass is 10.1. The number of hydrogen-bond donors (Lipinski definition) is 1. The molecule has 5 heteroatoms. The van der Waals surface area contributed by atoms with Crippen LogP contribution >= 0.6 is 23.2 Å². The minimum atomic E-state index is -0.151. The molecule has 1 aliphatic rings. The summed E-state index contributed by atoms with van der Waals surface area (Å²) >= 11 is 11.6. The summed E-state index contributed by atoms with van der Waals surface area (Å²) in [6.45, 7) is 0.375. The van der Waals surface area contributed by atoms with E-state index in [1.165, 1.54) is 17.0 Å². The fraction of sp³-hybridized carbons (Fsp3) is 0.250. The zero-order valence-electron chi connectivity index (χ0n) is 8.78. The van der Waals surface area contributed by atoms with Crippen LogP contribution in [-0.2, 0) is 4.79 Å². The van der Waals surface area contributed by atoms with Crippen LogP contribution in [0.4, 0.5) is 5.69 Å². The quantitative estimate of drug-likeness (QED) is 0.797. The van der Waals surface area contributed by atoms with Crippen LogP contribution in [0.1, 0.15) is 6.42 Å². The van der Waals surface area contributed by atoms with Crippen LogP contribution in [0.5, 0.6) is 5.75 Å². The van der Waals surface area contributed by atoms with E-state index in [0.717, 1.165) is 0 Å². The molecule has 3 nitrogen and oxygen atoms in total. The smallest absolute Gasteiger partial charge is 0.228 e. The molecule has 1 atom stereocenters. The standard InChI is InChI=1S/C12H9Cl2NO2/c1-2-7-3-11(16)15(6-7)10-5-8(13)4-9(14)12(10)17/h1,4-5,7,17H,3,6H2. The second kappa shape index (κ2) is 4.48. The molecule has 1 aliphatic heterocycles. The molecular weight excluding hydrogens is 261 g/mol. The number of anilines is 1. The molecular formula is C12H9Cl2NO2. The normalized spacial score (nSPS) is 19.5. The molecule has 0 aromatic heterocycles. The Morgan fingerprint density at radius 2 is 2.18 bits per heavy atom. The third-order valence-corrected chi connectivity index (χ3v) is 3.17. The van der Waals surface area contributed by atoms with Crippen molar-refractivity contribution in [3.8, 4) is 18.1 Å². The second-order valence-electron chi connectivity index (χ2n) is 3.83. The van der Waals surface area contributed by atoms with Crippen LogP contribution in [0.25, 0.3) is 0 Å². The first-order valence-electron chi connectivity index (χ1n) is 4.97.